The van der Waals surface area contributed by atoms with Crippen LogP contribution in [0.2, 0.25) is 36.3 Å². The van der Waals surface area contributed by atoms with Crippen molar-refractivity contribution in [1.82, 2.24) is 9.13 Å². The van der Waals surface area contributed by atoms with Crippen LogP contribution in [0, 0.1) is 6.92 Å². The number of carbonyl (C=O) groups excluding carboxylic acids is 1. The molecule has 1 aromatic carbocycles. The lowest BCUT2D eigenvalue weighted by atomic mass is 9.89. The Morgan fingerprint density at radius 2 is 1.59 bits per heavy atom. The molecule has 2 aromatic rings. The molecular formula is C33H51N3O10SSi2. The van der Waals surface area contributed by atoms with E-state index in [4.69, 9.17) is 28.2 Å². The van der Waals surface area contributed by atoms with Crippen molar-refractivity contribution in [3.63, 3.8) is 0 Å². The topological polar surface area (TPSA) is 167 Å². The average molecular weight is 738 g/mol. The van der Waals surface area contributed by atoms with E-state index in [0.717, 1.165) is 20.1 Å². The molecule has 0 aliphatic carbocycles. The molecule has 2 aliphatic heterocycles. The van der Waals surface area contributed by atoms with Gasteiger partial charge in [-0.25, -0.2) is 13.5 Å². The van der Waals surface area contributed by atoms with Crippen LogP contribution in [0.25, 0.3) is 0 Å². The predicted octanol–water partition coefficient (Wildman–Crippen LogP) is 4.27. The van der Waals surface area contributed by atoms with Gasteiger partial charge in [-0.2, -0.15) is 8.42 Å². The van der Waals surface area contributed by atoms with Gasteiger partial charge in [0.25, 0.3) is 15.7 Å². The fourth-order valence-corrected chi connectivity index (χ4v) is 8.71. The second-order valence-corrected chi connectivity index (χ2v) is 26.8. The first-order valence-corrected chi connectivity index (χ1v) is 23.5. The molecule has 0 bridgehead atoms. The van der Waals surface area contributed by atoms with Gasteiger partial charge in [0.2, 0.25) is 0 Å². The number of nitrogens with zero attached hydrogens (tertiary/aromatic N) is 2. The Hall–Kier alpha value is -2.87. The zero-order chi connectivity index (χ0) is 37.0. The largest absolute Gasteiger partial charge is 0.459 e. The summed E-state index contributed by atoms with van der Waals surface area (Å²) >= 11 is 0. The van der Waals surface area contributed by atoms with Gasteiger partial charge in [0, 0.05) is 11.8 Å². The molecule has 1 spiro atoms. The molecule has 4 rings (SSSR count). The first kappa shape index (κ1) is 38.9. The van der Waals surface area contributed by atoms with Gasteiger partial charge in [-0.15, -0.1) is 0 Å². The van der Waals surface area contributed by atoms with Crippen LogP contribution in [0.3, 0.4) is 0 Å². The Morgan fingerprint density at radius 1 is 1.00 bits per heavy atom. The molecule has 13 nitrogen and oxygen atoms in total. The molecule has 2 aliphatic rings. The summed E-state index contributed by atoms with van der Waals surface area (Å²) in [6.07, 6.45) is -2.43. The molecule has 1 fully saturated rings. The zero-order valence-electron chi connectivity index (χ0n) is 30.4. The number of benzene rings is 1. The predicted molar refractivity (Wildman–Crippen MR) is 190 cm³/mol. The number of rotatable bonds is 10. The summed E-state index contributed by atoms with van der Waals surface area (Å²) in [6.45, 7) is 20.9. The highest BCUT2D eigenvalue weighted by Gasteiger charge is 2.67. The molecular weight excluding hydrogens is 687 g/mol. The van der Waals surface area contributed by atoms with E-state index in [9.17, 15) is 22.8 Å². The number of carbonyl (C=O) groups is 1. The normalized spacial score (nSPS) is 24.3. The fourth-order valence-electron chi connectivity index (χ4n) is 5.21. The molecule has 4 atom stereocenters. The van der Waals surface area contributed by atoms with Crippen LogP contribution in [0.1, 0.15) is 58.9 Å². The number of hydrogen-bond donors (Lipinski definition) is 1. The summed E-state index contributed by atoms with van der Waals surface area (Å²) in [7, 11) is -9.50. The van der Waals surface area contributed by atoms with Gasteiger partial charge in [0.05, 0.1) is 17.7 Å². The molecule has 0 amide bonds. The van der Waals surface area contributed by atoms with E-state index in [1.54, 1.807) is 24.3 Å². The summed E-state index contributed by atoms with van der Waals surface area (Å²) in [4.78, 5) is 40.4. The van der Waals surface area contributed by atoms with Crippen molar-refractivity contribution in [3.05, 3.63) is 79.6 Å². The Labute approximate surface area is 290 Å². The third kappa shape index (κ3) is 7.74. The number of esters is 1. The summed E-state index contributed by atoms with van der Waals surface area (Å²) in [5.41, 5.74) is 3.81. The van der Waals surface area contributed by atoms with Crippen molar-refractivity contribution in [2.45, 2.75) is 122 Å². The van der Waals surface area contributed by atoms with E-state index in [-0.39, 0.29) is 34.6 Å². The highest BCUT2D eigenvalue weighted by molar-refractivity contribution is 7.90. The van der Waals surface area contributed by atoms with Crippen molar-refractivity contribution < 1.29 is 35.7 Å². The Kier molecular flexibility index (Phi) is 10.6. The van der Waals surface area contributed by atoms with Gasteiger partial charge in [0.1, 0.15) is 25.4 Å². The maximum absolute atomic E-state index is 14.2. The van der Waals surface area contributed by atoms with E-state index in [2.05, 4.69) is 20.8 Å². The quantitative estimate of drug-likeness (QED) is 0.210. The fraction of sp³-hybridized carbons (Fsp3) is 0.606. The van der Waals surface area contributed by atoms with Crippen molar-refractivity contribution >= 4 is 32.7 Å². The van der Waals surface area contributed by atoms with E-state index >= 15 is 0 Å². The summed E-state index contributed by atoms with van der Waals surface area (Å²) in [5.74, 6) is -0.795. The van der Waals surface area contributed by atoms with E-state index in [1.165, 1.54) is 13.1 Å². The minimum absolute atomic E-state index is 0.0432. The van der Waals surface area contributed by atoms with Crippen LogP contribution in [-0.4, -0.2) is 64.6 Å². The standard InChI is InChI=1S/C33H51N3O10SSi2/c1-22-17-36(30(39)35(28(22)38)18-26(37)42-19-23-15-13-12-14-16-23)29-27(45-49(10,11)32(5,6)7)33(24(34)21-47(40,41)46-33)25(44-29)20-43-48(8,9)31(2,3)4/h12-17,21,25,27,29H,18-20,34H2,1-11H3/t25-,27+,29-,33?/m1/s1. The molecule has 1 aromatic heterocycles. The maximum Gasteiger partial charge on any atom is 0.333 e. The van der Waals surface area contributed by atoms with Crippen LogP contribution in [-0.2, 0) is 50.6 Å². The minimum atomic E-state index is -4.29. The molecule has 1 unspecified atom stereocenters. The monoisotopic (exact) mass is 737 g/mol. The van der Waals surface area contributed by atoms with Gasteiger partial charge < -0.3 is 24.1 Å². The second-order valence-electron chi connectivity index (χ2n) is 15.9. The van der Waals surface area contributed by atoms with Gasteiger partial charge in [-0.1, -0.05) is 71.9 Å². The Morgan fingerprint density at radius 3 is 2.12 bits per heavy atom. The molecule has 0 radical (unpaired) electrons. The number of aromatic nitrogens is 2. The molecule has 49 heavy (non-hydrogen) atoms. The van der Waals surface area contributed by atoms with Crippen molar-refractivity contribution in [2.75, 3.05) is 6.61 Å². The lowest BCUT2D eigenvalue weighted by Gasteiger charge is -2.43. The van der Waals surface area contributed by atoms with Crippen LogP contribution in [0.15, 0.2) is 57.2 Å². The summed E-state index contributed by atoms with van der Waals surface area (Å²) < 4.78 is 59.4. The second kappa shape index (κ2) is 13.4. The first-order valence-electron chi connectivity index (χ1n) is 16.3. The number of ether oxygens (including phenoxy) is 2. The van der Waals surface area contributed by atoms with Crippen molar-refractivity contribution in [3.8, 4) is 0 Å². The Bertz CT molecular complexity index is 1830. The average Bonchev–Trinajstić information content (AvgIpc) is 3.40. The smallest absolute Gasteiger partial charge is 0.333 e. The molecule has 16 heteroatoms. The molecule has 2 N–H and O–H groups in total. The lowest BCUT2D eigenvalue weighted by Crippen LogP contribution is -2.59. The number of aryl methyl sites for hydroxylation is 1. The van der Waals surface area contributed by atoms with Crippen LogP contribution in [0.4, 0.5) is 0 Å². The van der Waals surface area contributed by atoms with E-state index in [0.29, 0.717) is 0 Å². The highest BCUT2D eigenvalue weighted by atomic mass is 32.2. The lowest BCUT2D eigenvalue weighted by molar-refractivity contribution is -0.145. The van der Waals surface area contributed by atoms with Gasteiger partial charge in [-0.3, -0.25) is 14.2 Å². The third-order valence-corrected chi connectivity index (χ3v) is 20.2. The van der Waals surface area contributed by atoms with E-state index in [1.807, 2.05) is 53.0 Å². The van der Waals surface area contributed by atoms with Crippen molar-refractivity contribution in [2.24, 2.45) is 5.73 Å². The highest BCUT2D eigenvalue weighted by Crippen LogP contribution is 2.52. The summed E-state index contributed by atoms with van der Waals surface area (Å²) in [6, 6.07) is 9.00. The van der Waals surface area contributed by atoms with Crippen LogP contribution in [0.5, 0.6) is 0 Å². The number of hydrogen-bond acceptors (Lipinski definition) is 11. The van der Waals surface area contributed by atoms with E-state index < -0.39 is 74.6 Å². The molecule has 0 saturated carbocycles. The zero-order valence-corrected chi connectivity index (χ0v) is 33.2. The van der Waals surface area contributed by atoms with Gasteiger partial charge in [-0.05, 0) is 48.8 Å². The van der Waals surface area contributed by atoms with Crippen molar-refractivity contribution in [1.29, 1.82) is 0 Å². The maximum atomic E-state index is 14.2. The Balaban J connectivity index is 1.85. The minimum Gasteiger partial charge on any atom is -0.459 e. The van der Waals surface area contributed by atoms with Crippen LogP contribution < -0.4 is 17.0 Å². The molecule has 272 valence electrons. The number of nitrogens with two attached hydrogens (primary N) is 1. The summed E-state index contributed by atoms with van der Waals surface area (Å²) in [5, 5.41) is 0.280. The van der Waals surface area contributed by atoms with Gasteiger partial charge >= 0.3 is 11.7 Å². The first-order chi connectivity index (χ1) is 22.3. The molecule has 1 saturated heterocycles. The SMILES string of the molecule is Cc1cn([C@@H]2O[C@H](CO[Si](C)(C)C(C)(C)C)C3(OS(=O)(=O)C=C3N)[C@H]2O[Si](C)(C)C(C)(C)C)c(=O)n(CC(=O)OCc2ccccc2)c1=O. The third-order valence-electron chi connectivity index (χ3n) is 10.2. The molecule has 3 heterocycles. The van der Waals surface area contributed by atoms with Crippen LogP contribution >= 0.6 is 0 Å². The van der Waals surface area contributed by atoms with Gasteiger partial charge in [0.15, 0.2) is 28.5 Å².